The first kappa shape index (κ1) is 25.3. The predicted octanol–water partition coefficient (Wildman–Crippen LogP) is 5.28. The highest BCUT2D eigenvalue weighted by atomic mass is 16.5. The summed E-state index contributed by atoms with van der Waals surface area (Å²) in [6.07, 6.45) is 2.09. The first-order chi connectivity index (χ1) is 16.1. The van der Waals surface area contributed by atoms with Gasteiger partial charge in [-0.2, -0.15) is 0 Å². The minimum absolute atomic E-state index is 0.0398. The van der Waals surface area contributed by atoms with Crippen LogP contribution in [0.1, 0.15) is 45.7 Å². The van der Waals surface area contributed by atoms with E-state index in [1.807, 2.05) is 49.5 Å². The number of anilines is 1. The smallest absolute Gasteiger partial charge is 0.224 e. The van der Waals surface area contributed by atoms with E-state index in [9.17, 15) is 9.90 Å². The van der Waals surface area contributed by atoms with E-state index in [2.05, 4.69) is 26.1 Å². The van der Waals surface area contributed by atoms with Crippen LogP contribution in [0.5, 0.6) is 17.4 Å². The van der Waals surface area contributed by atoms with E-state index in [0.717, 1.165) is 28.6 Å². The van der Waals surface area contributed by atoms with Gasteiger partial charge in [0.2, 0.25) is 11.8 Å². The lowest BCUT2D eigenvalue weighted by molar-refractivity contribution is -0.129. The molecule has 3 aromatic rings. The molecule has 1 atom stereocenters. The molecule has 3 rings (SSSR count). The summed E-state index contributed by atoms with van der Waals surface area (Å²) in [6.45, 7) is 9.64. The Balaban J connectivity index is 2.13. The molecule has 0 aliphatic heterocycles. The highest BCUT2D eigenvalue weighted by molar-refractivity contribution is 5.98. The Morgan fingerprint density at radius 3 is 2.53 bits per heavy atom. The van der Waals surface area contributed by atoms with Gasteiger partial charge in [-0.1, -0.05) is 39.0 Å². The molecule has 0 saturated carbocycles. The lowest BCUT2D eigenvalue weighted by atomic mass is 9.97. The van der Waals surface area contributed by atoms with E-state index >= 15 is 0 Å². The molecule has 0 fully saturated rings. The SMILES string of the molecule is CCOc1cc(C(CC(=O)N(C)C)n2cc3cccc(NCC(C)(C)C)c3c2O)ccc1OC. The number of methoxy groups -OCH3 is 1. The summed E-state index contributed by atoms with van der Waals surface area (Å²) in [5.41, 5.74) is 1.80. The fraction of sp³-hybridized carbons (Fsp3) is 0.444. The fourth-order valence-electron chi connectivity index (χ4n) is 3.91. The van der Waals surface area contributed by atoms with E-state index < -0.39 is 6.04 Å². The lowest BCUT2D eigenvalue weighted by Crippen LogP contribution is -2.25. The van der Waals surface area contributed by atoms with Crippen molar-refractivity contribution in [3.8, 4) is 17.4 Å². The Hall–Kier alpha value is -3.35. The van der Waals surface area contributed by atoms with Gasteiger partial charge in [0, 0.05) is 37.9 Å². The van der Waals surface area contributed by atoms with Crippen molar-refractivity contribution in [3.05, 3.63) is 48.2 Å². The number of carbonyl (C=O) groups excluding carboxylic acids is 1. The summed E-state index contributed by atoms with van der Waals surface area (Å²) in [4.78, 5) is 14.4. The zero-order valence-electron chi connectivity index (χ0n) is 21.3. The van der Waals surface area contributed by atoms with Crippen LogP contribution < -0.4 is 14.8 Å². The first-order valence-electron chi connectivity index (χ1n) is 11.6. The molecule has 0 bridgehead atoms. The molecule has 0 saturated heterocycles. The second-order valence-electron chi connectivity index (χ2n) is 9.90. The highest BCUT2D eigenvalue weighted by Crippen LogP contribution is 2.40. The molecule has 1 amide bonds. The predicted molar refractivity (Wildman–Crippen MR) is 137 cm³/mol. The molecule has 0 radical (unpaired) electrons. The van der Waals surface area contributed by atoms with E-state index in [-0.39, 0.29) is 23.6 Å². The van der Waals surface area contributed by atoms with Crippen molar-refractivity contribution in [2.24, 2.45) is 5.41 Å². The van der Waals surface area contributed by atoms with Gasteiger partial charge in [-0.05, 0) is 36.1 Å². The molecule has 184 valence electrons. The summed E-state index contributed by atoms with van der Waals surface area (Å²) in [7, 11) is 5.07. The average Bonchev–Trinajstić information content (AvgIpc) is 3.12. The van der Waals surface area contributed by atoms with Crippen LogP contribution in [0.2, 0.25) is 0 Å². The van der Waals surface area contributed by atoms with Gasteiger partial charge < -0.3 is 29.4 Å². The van der Waals surface area contributed by atoms with E-state index in [4.69, 9.17) is 9.47 Å². The number of aromatic nitrogens is 1. The fourth-order valence-corrected chi connectivity index (χ4v) is 3.91. The van der Waals surface area contributed by atoms with Crippen molar-refractivity contribution >= 4 is 22.4 Å². The third-order valence-electron chi connectivity index (χ3n) is 5.73. The maximum absolute atomic E-state index is 12.8. The van der Waals surface area contributed by atoms with Gasteiger partial charge >= 0.3 is 0 Å². The largest absolute Gasteiger partial charge is 0.494 e. The molecule has 0 spiro atoms. The minimum atomic E-state index is -0.428. The van der Waals surface area contributed by atoms with Crippen molar-refractivity contribution in [3.63, 3.8) is 0 Å². The number of benzene rings is 2. The molecule has 2 aromatic carbocycles. The zero-order valence-corrected chi connectivity index (χ0v) is 21.3. The quantitative estimate of drug-likeness (QED) is 0.448. The van der Waals surface area contributed by atoms with Crippen LogP contribution in [-0.2, 0) is 4.79 Å². The molecule has 7 nitrogen and oxygen atoms in total. The van der Waals surface area contributed by atoms with Crippen molar-refractivity contribution in [2.45, 2.75) is 40.2 Å². The summed E-state index contributed by atoms with van der Waals surface area (Å²) in [6, 6.07) is 11.1. The van der Waals surface area contributed by atoms with Crippen molar-refractivity contribution in [2.75, 3.05) is 39.7 Å². The number of hydrogen-bond acceptors (Lipinski definition) is 5. The Bertz CT molecular complexity index is 1140. The number of aromatic hydroxyl groups is 1. The molecule has 7 heteroatoms. The van der Waals surface area contributed by atoms with Gasteiger partial charge in [0.05, 0.1) is 31.6 Å². The Labute approximate surface area is 202 Å². The number of nitrogens with zero attached hydrogens (tertiary/aromatic N) is 2. The number of fused-ring (bicyclic) bond motifs is 1. The van der Waals surface area contributed by atoms with Crippen LogP contribution in [0.15, 0.2) is 42.6 Å². The molecular weight excluding hydrogens is 430 g/mol. The average molecular weight is 468 g/mol. The van der Waals surface area contributed by atoms with Crippen LogP contribution in [0.4, 0.5) is 5.69 Å². The number of rotatable bonds is 9. The third kappa shape index (κ3) is 5.58. The molecule has 1 heterocycles. The molecular formula is C27H37N3O4. The molecule has 1 unspecified atom stereocenters. The number of carbonyl (C=O) groups is 1. The number of ether oxygens (including phenoxy) is 2. The maximum Gasteiger partial charge on any atom is 0.224 e. The second kappa shape index (κ2) is 10.3. The standard InChI is InChI=1S/C27H37N3O4/c1-8-34-23-14-18(12-13-22(23)33-7)21(15-24(31)29(5)6)30-16-19-10-9-11-20(25(19)26(30)32)28-17-27(2,3)4/h9-14,16,21,28,32H,8,15,17H2,1-7H3. The van der Waals surface area contributed by atoms with Gasteiger partial charge in [0.1, 0.15) is 0 Å². The first-order valence-corrected chi connectivity index (χ1v) is 11.6. The Morgan fingerprint density at radius 1 is 1.18 bits per heavy atom. The summed E-state index contributed by atoms with van der Waals surface area (Å²) < 4.78 is 13.0. The van der Waals surface area contributed by atoms with Crippen molar-refractivity contribution < 1.29 is 19.4 Å². The molecule has 1 aromatic heterocycles. The maximum atomic E-state index is 12.8. The van der Waals surface area contributed by atoms with Crippen LogP contribution in [0.25, 0.3) is 10.8 Å². The summed E-state index contributed by atoms with van der Waals surface area (Å²) >= 11 is 0. The number of nitrogens with one attached hydrogen (secondary N) is 1. The third-order valence-corrected chi connectivity index (χ3v) is 5.73. The van der Waals surface area contributed by atoms with Gasteiger partial charge in [-0.15, -0.1) is 0 Å². The van der Waals surface area contributed by atoms with Gasteiger partial charge in [-0.3, -0.25) is 4.79 Å². The van der Waals surface area contributed by atoms with Gasteiger partial charge in [0.15, 0.2) is 11.5 Å². The van der Waals surface area contributed by atoms with Crippen LogP contribution >= 0.6 is 0 Å². The molecule has 34 heavy (non-hydrogen) atoms. The second-order valence-corrected chi connectivity index (χ2v) is 9.90. The Morgan fingerprint density at radius 2 is 1.91 bits per heavy atom. The minimum Gasteiger partial charge on any atom is -0.494 e. The highest BCUT2D eigenvalue weighted by Gasteiger charge is 2.25. The van der Waals surface area contributed by atoms with Crippen LogP contribution in [-0.4, -0.2) is 54.8 Å². The summed E-state index contributed by atoms with van der Waals surface area (Å²) in [5, 5.41) is 16.5. The van der Waals surface area contributed by atoms with E-state index in [1.165, 1.54) is 0 Å². The van der Waals surface area contributed by atoms with E-state index in [0.29, 0.717) is 18.1 Å². The topological polar surface area (TPSA) is 76.0 Å². The van der Waals surface area contributed by atoms with Gasteiger partial charge in [0.25, 0.3) is 0 Å². The Kier molecular flexibility index (Phi) is 7.64. The van der Waals surface area contributed by atoms with Crippen molar-refractivity contribution in [1.82, 2.24) is 9.47 Å². The van der Waals surface area contributed by atoms with Gasteiger partial charge in [-0.25, -0.2) is 0 Å². The van der Waals surface area contributed by atoms with Crippen molar-refractivity contribution in [1.29, 1.82) is 0 Å². The van der Waals surface area contributed by atoms with Crippen LogP contribution in [0.3, 0.4) is 0 Å². The zero-order chi connectivity index (χ0) is 25.0. The summed E-state index contributed by atoms with van der Waals surface area (Å²) in [5.74, 6) is 1.31. The lowest BCUT2D eigenvalue weighted by Gasteiger charge is -2.23. The van der Waals surface area contributed by atoms with E-state index in [1.54, 1.807) is 30.7 Å². The normalized spacial score (nSPS) is 12.4. The van der Waals surface area contributed by atoms with Crippen LogP contribution in [0, 0.1) is 5.41 Å². The number of hydrogen-bond donors (Lipinski definition) is 2. The molecule has 0 aliphatic rings. The molecule has 0 aliphatic carbocycles. The number of amides is 1. The molecule has 2 N–H and O–H groups in total. The monoisotopic (exact) mass is 467 g/mol.